The Bertz CT molecular complexity index is 400. The van der Waals surface area contributed by atoms with E-state index in [2.05, 4.69) is 5.10 Å². The van der Waals surface area contributed by atoms with Crippen molar-refractivity contribution in [1.29, 1.82) is 0 Å². The van der Waals surface area contributed by atoms with Crippen molar-refractivity contribution in [3.05, 3.63) is 0 Å². The summed E-state index contributed by atoms with van der Waals surface area (Å²) in [6.07, 6.45) is 0. The van der Waals surface area contributed by atoms with Crippen LogP contribution in [0.2, 0.25) is 0 Å². The largest absolute Gasteiger partial charge is 0.376 e. The summed E-state index contributed by atoms with van der Waals surface area (Å²) >= 11 is 0. The SMILES string of the molecule is CC(C)C1=NN(C(=O)N(F)C(C)(C)C)C(=O)C1N. The van der Waals surface area contributed by atoms with Gasteiger partial charge in [-0.2, -0.15) is 10.2 Å². The highest BCUT2D eigenvalue weighted by Crippen LogP contribution is 2.20. The molecule has 0 bridgehead atoms. The molecule has 1 aliphatic heterocycles. The lowest BCUT2D eigenvalue weighted by Gasteiger charge is -2.28. The number of halogens is 1. The zero-order chi connectivity index (χ0) is 14.2. The van der Waals surface area contributed by atoms with Gasteiger partial charge in [0.1, 0.15) is 6.04 Å². The highest BCUT2D eigenvalue weighted by Gasteiger charge is 2.42. The van der Waals surface area contributed by atoms with Gasteiger partial charge in [-0.15, -0.1) is 5.01 Å². The Morgan fingerprint density at radius 3 is 2.33 bits per heavy atom. The Morgan fingerprint density at radius 2 is 2.00 bits per heavy atom. The number of nitrogens with zero attached hydrogens (tertiary/aromatic N) is 3. The first-order chi connectivity index (χ1) is 8.07. The van der Waals surface area contributed by atoms with Gasteiger partial charge < -0.3 is 5.73 Å². The van der Waals surface area contributed by atoms with E-state index >= 15 is 0 Å². The molecule has 0 aromatic heterocycles. The van der Waals surface area contributed by atoms with E-state index in [-0.39, 0.29) is 11.0 Å². The topological polar surface area (TPSA) is 79.0 Å². The zero-order valence-corrected chi connectivity index (χ0v) is 11.3. The number of carbonyl (C=O) groups excluding carboxylic acids is 2. The number of hydrazone groups is 1. The van der Waals surface area contributed by atoms with Gasteiger partial charge >= 0.3 is 6.03 Å². The molecule has 102 valence electrons. The molecule has 1 heterocycles. The zero-order valence-electron chi connectivity index (χ0n) is 11.3. The standard InChI is InChI=1S/C11H19FN4O2/c1-6(2)8-7(13)9(17)15(14-8)10(18)16(12)11(3,4)5/h6-7H,13H2,1-5H3. The van der Waals surface area contributed by atoms with Gasteiger partial charge in [0.05, 0.1) is 11.3 Å². The first-order valence-electron chi connectivity index (χ1n) is 5.75. The second-order valence-electron chi connectivity index (χ2n) is 5.54. The Balaban J connectivity index is 2.98. The number of nitrogens with two attached hydrogens (primary N) is 1. The third kappa shape index (κ3) is 2.50. The van der Waals surface area contributed by atoms with Crippen molar-refractivity contribution in [3.63, 3.8) is 0 Å². The molecule has 1 aliphatic rings. The van der Waals surface area contributed by atoms with Crippen LogP contribution in [-0.4, -0.2) is 39.4 Å². The summed E-state index contributed by atoms with van der Waals surface area (Å²) in [5, 5.41) is 4.31. The maximum Gasteiger partial charge on any atom is 0.376 e. The molecular weight excluding hydrogens is 239 g/mol. The number of rotatable bonds is 1. The van der Waals surface area contributed by atoms with Crippen molar-refractivity contribution < 1.29 is 14.1 Å². The molecule has 0 radical (unpaired) electrons. The third-order valence-corrected chi connectivity index (χ3v) is 2.54. The van der Waals surface area contributed by atoms with Crippen LogP contribution < -0.4 is 5.73 Å². The van der Waals surface area contributed by atoms with Crippen LogP contribution in [0.15, 0.2) is 5.10 Å². The molecule has 1 unspecified atom stereocenters. The van der Waals surface area contributed by atoms with Crippen LogP contribution in [0, 0.1) is 5.92 Å². The Labute approximate surface area is 106 Å². The van der Waals surface area contributed by atoms with Gasteiger partial charge in [0, 0.05) is 0 Å². The lowest BCUT2D eigenvalue weighted by Crippen LogP contribution is -2.49. The average Bonchev–Trinajstić information content (AvgIpc) is 2.53. The minimum absolute atomic E-state index is 0.0234. The molecular formula is C11H19FN4O2. The van der Waals surface area contributed by atoms with E-state index < -0.39 is 23.5 Å². The summed E-state index contributed by atoms with van der Waals surface area (Å²) in [5.74, 6) is -0.778. The summed E-state index contributed by atoms with van der Waals surface area (Å²) < 4.78 is 13.8. The highest BCUT2D eigenvalue weighted by molar-refractivity contribution is 6.16. The second kappa shape index (κ2) is 4.64. The van der Waals surface area contributed by atoms with Crippen molar-refractivity contribution in [2.45, 2.75) is 46.2 Å². The van der Waals surface area contributed by atoms with Crippen molar-refractivity contribution in [2.75, 3.05) is 0 Å². The Morgan fingerprint density at radius 1 is 1.50 bits per heavy atom. The van der Waals surface area contributed by atoms with E-state index in [4.69, 9.17) is 5.73 Å². The Hall–Kier alpha value is -1.50. The van der Waals surface area contributed by atoms with E-state index in [1.807, 2.05) is 0 Å². The van der Waals surface area contributed by atoms with Crippen molar-refractivity contribution in [2.24, 2.45) is 16.8 Å². The fourth-order valence-electron chi connectivity index (χ4n) is 1.47. The fraction of sp³-hybridized carbons (Fsp3) is 0.727. The quantitative estimate of drug-likeness (QED) is 0.719. The smallest absolute Gasteiger partial charge is 0.315 e. The lowest BCUT2D eigenvalue weighted by atomic mass is 10.0. The van der Waals surface area contributed by atoms with Crippen LogP contribution in [-0.2, 0) is 4.79 Å². The van der Waals surface area contributed by atoms with Crippen molar-refractivity contribution in [1.82, 2.24) is 10.1 Å². The van der Waals surface area contributed by atoms with E-state index in [1.165, 1.54) is 20.8 Å². The number of amides is 3. The first-order valence-corrected chi connectivity index (χ1v) is 5.75. The van der Waals surface area contributed by atoms with Crippen LogP contribution in [0.1, 0.15) is 34.6 Å². The molecule has 0 saturated heterocycles. The predicted molar refractivity (Wildman–Crippen MR) is 65.2 cm³/mol. The maximum absolute atomic E-state index is 13.8. The van der Waals surface area contributed by atoms with Gasteiger partial charge in [0.15, 0.2) is 0 Å². The molecule has 0 aromatic carbocycles. The average molecular weight is 258 g/mol. The molecule has 0 fully saturated rings. The second-order valence-corrected chi connectivity index (χ2v) is 5.54. The minimum Gasteiger partial charge on any atom is -0.315 e. The lowest BCUT2D eigenvalue weighted by molar-refractivity contribution is -0.129. The fourth-order valence-corrected chi connectivity index (χ4v) is 1.47. The number of carbonyl (C=O) groups is 2. The molecule has 0 aromatic rings. The van der Waals surface area contributed by atoms with Gasteiger partial charge in [-0.1, -0.05) is 18.3 Å². The van der Waals surface area contributed by atoms with Gasteiger partial charge in [-0.05, 0) is 26.7 Å². The molecule has 18 heavy (non-hydrogen) atoms. The summed E-state index contributed by atoms with van der Waals surface area (Å²) in [7, 11) is 0. The van der Waals surface area contributed by atoms with Crippen molar-refractivity contribution in [3.8, 4) is 0 Å². The van der Waals surface area contributed by atoms with Crippen LogP contribution in [0.4, 0.5) is 9.28 Å². The molecule has 0 saturated carbocycles. The summed E-state index contributed by atoms with van der Waals surface area (Å²) in [5.41, 5.74) is 4.99. The molecule has 1 rings (SSSR count). The molecule has 7 heteroatoms. The van der Waals surface area contributed by atoms with E-state index in [0.29, 0.717) is 10.7 Å². The number of urea groups is 1. The van der Waals surface area contributed by atoms with Gasteiger partial charge in [-0.25, -0.2) is 4.79 Å². The normalized spacial score (nSPS) is 20.4. The molecule has 3 amide bonds. The third-order valence-electron chi connectivity index (χ3n) is 2.54. The molecule has 6 nitrogen and oxygen atoms in total. The number of hydrogen-bond donors (Lipinski definition) is 1. The summed E-state index contributed by atoms with van der Waals surface area (Å²) in [6.45, 7) is 8.14. The number of hydrogen-bond acceptors (Lipinski definition) is 4. The number of imide groups is 1. The molecule has 0 aliphatic carbocycles. The minimum atomic E-state index is -1.11. The molecule has 2 N–H and O–H groups in total. The van der Waals surface area contributed by atoms with E-state index in [0.717, 1.165) is 0 Å². The van der Waals surface area contributed by atoms with E-state index in [9.17, 15) is 14.1 Å². The monoisotopic (exact) mass is 258 g/mol. The van der Waals surface area contributed by atoms with Crippen molar-refractivity contribution >= 4 is 17.6 Å². The summed E-state index contributed by atoms with van der Waals surface area (Å²) in [6, 6.07) is -2.08. The molecule has 1 atom stereocenters. The Kier molecular flexibility index (Phi) is 3.75. The van der Waals surface area contributed by atoms with Crippen LogP contribution >= 0.6 is 0 Å². The van der Waals surface area contributed by atoms with E-state index in [1.54, 1.807) is 13.8 Å². The molecule has 0 spiro atoms. The van der Waals surface area contributed by atoms with Crippen LogP contribution in [0.25, 0.3) is 0 Å². The van der Waals surface area contributed by atoms with Gasteiger partial charge in [-0.3, -0.25) is 4.79 Å². The predicted octanol–water partition coefficient (Wildman–Crippen LogP) is 1.27. The van der Waals surface area contributed by atoms with Crippen LogP contribution in [0.5, 0.6) is 0 Å². The summed E-state index contributed by atoms with van der Waals surface area (Å²) in [4.78, 5) is 23.6. The van der Waals surface area contributed by atoms with Gasteiger partial charge in [0.2, 0.25) is 0 Å². The van der Waals surface area contributed by atoms with Gasteiger partial charge in [0.25, 0.3) is 5.91 Å². The van der Waals surface area contributed by atoms with Crippen LogP contribution in [0.3, 0.4) is 0 Å². The maximum atomic E-state index is 13.8. The first kappa shape index (κ1) is 14.6. The highest BCUT2D eigenvalue weighted by atomic mass is 19.2.